The van der Waals surface area contributed by atoms with Crippen molar-refractivity contribution < 1.29 is 9.90 Å². The molecule has 5 nitrogen and oxygen atoms in total. The van der Waals surface area contributed by atoms with E-state index in [0.717, 1.165) is 12.8 Å². The van der Waals surface area contributed by atoms with Gasteiger partial charge in [-0.3, -0.25) is 9.59 Å². The minimum Gasteiger partial charge on any atom is -0.396 e. The minimum atomic E-state index is -0.291. The molecule has 0 unspecified atom stereocenters. The van der Waals surface area contributed by atoms with Gasteiger partial charge in [-0.1, -0.05) is 13.8 Å². The summed E-state index contributed by atoms with van der Waals surface area (Å²) in [5.41, 5.74) is -0.0138. The molecule has 0 fully saturated rings. The topological polar surface area (TPSA) is 82.2 Å². The molecule has 3 N–H and O–H groups in total. The van der Waals surface area contributed by atoms with E-state index in [4.69, 9.17) is 5.11 Å². The van der Waals surface area contributed by atoms with E-state index in [-0.39, 0.29) is 23.5 Å². The number of carbonyl (C=O) groups excluding carboxylic acids is 1. The van der Waals surface area contributed by atoms with E-state index in [0.29, 0.717) is 18.5 Å². The number of aliphatic hydroxyl groups is 1. The molecule has 1 aromatic heterocycles. The summed E-state index contributed by atoms with van der Waals surface area (Å²) in [6.45, 7) is 4.73. The van der Waals surface area contributed by atoms with Gasteiger partial charge in [-0.15, -0.1) is 0 Å². The van der Waals surface area contributed by atoms with Crippen molar-refractivity contribution in [1.82, 2.24) is 10.3 Å². The number of hydrogen-bond donors (Lipinski definition) is 3. The van der Waals surface area contributed by atoms with Crippen LogP contribution in [0.1, 0.15) is 43.5 Å². The number of aromatic amines is 1. The molecule has 0 bridgehead atoms. The van der Waals surface area contributed by atoms with E-state index in [2.05, 4.69) is 24.1 Å². The number of rotatable bonds is 7. The lowest BCUT2D eigenvalue weighted by Gasteiger charge is -2.31. The van der Waals surface area contributed by atoms with Crippen LogP contribution in [-0.2, 0) is 0 Å². The first-order valence-electron chi connectivity index (χ1n) is 6.64. The second-order valence-electron chi connectivity index (χ2n) is 4.80. The van der Waals surface area contributed by atoms with Crippen molar-refractivity contribution in [3.63, 3.8) is 0 Å². The van der Waals surface area contributed by atoms with Crippen molar-refractivity contribution in [2.24, 2.45) is 5.41 Å². The first-order valence-corrected chi connectivity index (χ1v) is 6.64. The fourth-order valence-corrected chi connectivity index (χ4v) is 2.13. The van der Waals surface area contributed by atoms with Crippen molar-refractivity contribution in [1.29, 1.82) is 0 Å². The number of aromatic nitrogens is 1. The molecule has 0 aliphatic rings. The van der Waals surface area contributed by atoms with Gasteiger partial charge in [0.15, 0.2) is 0 Å². The van der Waals surface area contributed by atoms with Crippen LogP contribution in [0.5, 0.6) is 0 Å². The molecule has 0 saturated carbocycles. The molecule has 19 heavy (non-hydrogen) atoms. The third-order valence-corrected chi connectivity index (χ3v) is 3.80. The predicted octanol–water partition coefficient (Wildman–Crippen LogP) is 1.29. The molecule has 0 aliphatic carbocycles. The second kappa shape index (κ2) is 7.09. The lowest BCUT2D eigenvalue weighted by Crippen LogP contribution is -2.38. The Balaban J connectivity index is 2.69. The lowest BCUT2D eigenvalue weighted by molar-refractivity contribution is 0.0907. The summed E-state index contributed by atoms with van der Waals surface area (Å²) in [7, 11) is 0. The summed E-state index contributed by atoms with van der Waals surface area (Å²) < 4.78 is 0. The van der Waals surface area contributed by atoms with E-state index in [1.807, 2.05) is 0 Å². The van der Waals surface area contributed by atoms with Crippen molar-refractivity contribution in [3.8, 4) is 0 Å². The SMILES string of the molecule is CCC(CC)(CCO)CNC(=O)c1cc[nH]c(=O)c1. The Labute approximate surface area is 113 Å². The highest BCUT2D eigenvalue weighted by Crippen LogP contribution is 2.29. The van der Waals surface area contributed by atoms with Crippen molar-refractivity contribution in [3.05, 3.63) is 34.2 Å². The molecule has 1 rings (SSSR count). The molecule has 1 amide bonds. The number of hydrogen-bond acceptors (Lipinski definition) is 3. The maximum absolute atomic E-state index is 12.0. The molecule has 0 saturated heterocycles. The number of aliphatic hydroxyl groups excluding tert-OH is 1. The van der Waals surface area contributed by atoms with Crippen LogP contribution in [-0.4, -0.2) is 29.1 Å². The second-order valence-corrected chi connectivity index (χ2v) is 4.80. The molecule has 106 valence electrons. The summed E-state index contributed by atoms with van der Waals surface area (Å²) in [6, 6.07) is 2.85. The Morgan fingerprint density at radius 3 is 2.63 bits per heavy atom. The maximum Gasteiger partial charge on any atom is 0.251 e. The maximum atomic E-state index is 12.0. The molecule has 0 aromatic carbocycles. The van der Waals surface area contributed by atoms with Gasteiger partial charge in [-0.2, -0.15) is 0 Å². The lowest BCUT2D eigenvalue weighted by atomic mass is 9.79. The first kappa shape index (κ1) is 15.4. The van der Waals surface area contributed by atoms with E-state index < -0.39 is 0 Å². The Morgan fingerprint density at radius 1 is 1.42 bits per heavy atom. The van der Waals surface area contributed by atoms with Crippen LogP contribution in [0.25, 0.3) is 0 Å². The normalized spacial score (nSPS) is 11.3. The Hall–Kier alpha value is -1.62. The number of nitrogens with one attached hydrogen (secondary N) is 2. The standard InChI is InChI=1S/C14H22N2O3/c1-3-14(4-2,6-8-17)10-16-13(19)11-5-7-15-12(18)9-11/h5,7,9,17H,3-4,6,8,10H2,1-2H3,(H,15,18)(H,16,19). The molecule has 0 atom stereocenters. The summed E-state index contributed by atoms with van der Waals surface area (Å²) in [6.07, 6.45) is 3.90. The summed E-state index contributed by atoms with van der Waals surface area (Å²) in [5.74, 6) is -0.254. The van der Waals surface area contributed by atoms with Gasteiger partial charge >= 0.3 is 0 Å². The van der Waals surface area contributed by atoms with Gasteiger partial charge in [0.2, 0.25) is 5.56 Å². The monoisotopic (exact) mass is 266 g/mol. The Bertz CT molecular complexity index is 464. The van der Waals surface area contributed by atoms with Crippen LogP contribution in [0.3, 0.4) is 0 Å². The number of amides is 1. The van der Waals surface area contributed by atoms with Gasteiger partial charge < -0.3 is 15.4 Å². The molecular formula is C14H22N2O3. The zero-order chi connectivity index (χ0) is 14.3. The van der Waals surface area contributed by atoms with Gasteiger partial charge in [-0.25, -0.2) is 0 Å². The smallest absolute Gasteiger partial charge is 0.251 e. The van der Waals surface area contributed by atoms with Gasteiger partial charge in [0.05, 0.1) is 0 Å². The zero-order valence-electron chi connectivity index (χ0n) is 11.5. The molecule has 0 spiro atoms. The molecule has 5 heteroatoms. The van der Waals surface area contributed by atoms with Gasteiger partial charge in [0.1, 0.15) is 0 Å². The number of carbonyl (C=O) groups is 1. The third-order valence-electron chi connectivity index (χ3n) is 3.80. The predicted molar refractivity (Wildman–Crippen MR) is 74.1 cm³/mol. The summed E-state index contributed by atoms with van der Waals surface area (Å²) in [5, 5.41) is 12.0. The first-order chi connectivity index (χ1) is 9.06. The van der Waals surface area contributed by atoms with E-state index in [1.165, 1.54) is 12.3 Å². The summed E-state index contributed by atoms with van der Waals surface area (Å²) >= 11 is 0. The fraction of sp³-hybridized carbons (Fsp3) is 0.571. The number of H-pyrrole nitrogens is 1. The molecule has 1 aromatic rings. The van der Waals surface area contributed by atoms with Crippen LogP contribution in [0.15, 0.2) is 23.1 Å². The average molecular weight is 266 g/mol. The molecule has 1 heterocycles. The van der Waals surface area contributed by atoms with Crippen molar-refractivity contribution >= 4 is 5.91 Å². The highest BCUT2D eigenvalue weighted by Gasteiger charge is 2.26. The van der Waals surface area contributed by atoms with Crippen LogP contribution < -0.4 is 10.9 Å². The fourth-order valence-electron chi connectivity index (χ4n) is 2.13. The molecule has 0 radical (unpaired) electrons. The van der Waals surface area contributed by atoms with Crippen molar-refractivity contribution in [2.75, 3.05) is 13.2 Å². The zero-order valence-corrected chi connectivity index (χ0v) is 11.5. The van der Waals surface area contributed by atoms with Gasteiger partial charge in [0.25, 0.3) is 5.91 Å². The van der Waals surface area contributed by atoms with Crippen LogP contribution in [0.4, 0.5) is 0 Å². The van der Waals surface area contributed by atoms with E-state index in [1.54, 1.807) is 6.07 Å². The molecular weight excluding hydrogens is 244 g/mol. The van der Waals surface area contributed by atoms with Crippen LogP contribution >= 0.6 is 0 Å². The Kier molecular flexibility index (Phi) is 5.76. The largest absolute Gasteiger partial charge is 0.396 e. The van der Waals surface area contributed by atoms with Crippen LogP contribution in [0, 0.1) is 5.41 Å². The number of pyridine rings is 1. The van der Waals surface area contributed by atoms with E-state index in [9.17, 15) is 9.59 Å². The summed E-state index contributed by atoms with van der Waals surface area (Å²) in [4.78, 5) is 25.6. The highest BCUT2D eigenvalue weighted by molar-refractivity contribution is 5.93. The third kappa shape index (κ3) is 4.21. The highest BCUT2D eigenvalue weighted by atomic mass is 16.3. The quantitative estimate of drug-likeness (QED) is 0.695. The van der Waals surface area contributed by atoms with E-state index >= 15 is 0 Å². The average Bonchev–Trinajstić information content (AvgIpc) is 2.43. The van der Waals surface area contributed by atoms with Gasteiger partial charge in [-0.05, 0) is 30.7 Å². The van der Waals surface area contributed by atoms with Gasteiger partial charge in [0, 0.05) is 31.0 Å². The van der Waals surface area contributed by atoms with Crippen molar-refractivity contribution in [2.45, 2.75) is 33.1 Å². The Morgan fingerprint density at radius 2 is 2.11 bits per heavy atom. The van der Waals surface area contributed by atoms with Crippen LogP contribution in [0.2, 0.25) is 0 Å². The minimum absolute atomic E-state index is 0.0778. The molecule has 0 aliphatic heterocycles.